The van der Waals surface area contributed by atoms with Gasteiger partial charge in [-0.3, -0.25) is 4.57 Å². The monoisotopic (exact) mass is 516 g/mol. The minimum absolute atomic E-state index is 0.109. The second-order valence-corrected chi connectivity index (χ2v) is 8.84. The molecule has 1 aliphatic heterocycles. The fraction of sp³-hybridized carbons (Fsp3) is 0.435. The molecule has 198 valence electrons. The van der Waals surface area contributed by atoms with Gasteiger partial charge in [0.25, 0.3) is 5.88 Å². The molecule has 2 atom stereocenters. The number of anilines is 1. The van der Waals surface area contributed by atoms with Crippen molar-refractivity contribution in [2.75, 3.05) is 11.9 Å². The average molecular weight is 517 g/mol. The number of hydrogen-bond acceptors (Lipinski definition) is 12. The average Bonchev–Trinajstić information content (AvgIpc) is 3.61. The number of furan rings is 1. The molecule has 0 spiro atoms. The number of fused-ring (bicyclic) bond motifs is 1. The Balaban J connectivity index is 0.000000586. The lowest BCUT2D eigenvalue weighted by Crippen LogP contribution is -2.18. The summed E-state index contributed by atoms with van der Waals surface area (Å²) >= 11 is 0. The third kappa shape index (κ3) is 7.03. The first kappa shape index (κ1) is 26.1. The van der Waals surface area contributed by atoms with Gasteiger partial charge < -0.3 is 39.1 Å². The van der Waals surface area contributed by atoms with Crippen molar-refractivity contribution in [1.29, 1.82) is 0 Å². The third-order valence-electron chi connectivity index (χ3n) is 5.10. The Morgan fingerprint density at radius 1 is 1.24 bits per heavy atom. The van der Waals surface area contributed by atoms with Crippen molar-refractivity contribution in [1.82, 2.24) is 24.7 Å². The van der Waals surface area contributed by atoms with Crippen LogP contribution < -0.4 is 10.1 Å². The van der Waals surface area contributed by atoms with Crippen LogP contribution >= 0.6 is 0 Å². The molecule has 0 aliphatic carbocycles. The van der Waals surface area contributed by atoms with Crippen molar-refractivity contribution in [2.45, 2.75) is 58.3 Å². The molecular weight excluding hydrogens is 488 g/mol. The van der Waals surface area contributed by atoms with Gasteiger partial charge in [0.1, 0.15) is 30.7 Å². The van der Waals surface area contributed by atoms with Crippen LogP contribution in [0.2, 0.25) is 0 Å². The van der Waals surface area contributed by atoms with Crippen LogP contribution in [-0.4, -0.2) is 64.5 Å². The van der Waals surface area contributed by atoms with Crippen LogP contribution in [0.3, 0.4) is 0 Å². The molecule has 5 heterocycles. The zero-order valence-electron chi connectivity index (χ0n) is 20.5. The molecular formula is C23H28N6O8. The van der Waals surface area contributed by atoms with Gasteiger partial charge >= 0.3 is 5.97 Å². The Hall–Kier alpha value is -4.01. The number of hydrogen-bond donors (Lipinski definition) is 4. The molecule has 14 nitrogen and oxygen atoms in total. The van der Waals surface area contributed by atoms with E-state index in [1.165, 1.54) is 26.2 Å². The van der Waals surface area contributed by atoms with Crippen molar-refractivity contribution in [2.24, 2.45) is 0 Å². The maximum Gasteiger partial charge on any atom is 0.374 e. The standard InChI is InChI=1S/C20H20N6O6.C3H8O2/c1-11-2-3-12(30-11)7-21-18-17-19(23-9-22-18)26(10-24-17)16-5-4-13(31-16)8-29-15-6-14(20(27)28)32-25-15;1-3(2,4)5/h2-3,6,9-10,13,16H,4-5,7-8H2,1H3,(H,27,28)(H,21,22,23);4-5H,1-2H3. The number of nitrogens with zero attached hydrogens (tertiary/aromatic N) is 5. The summed E-state index contributed by atoms with van der Waals surface area (Å²) in [5.74, 6) is -0.605. The highest BCUT2D eigenvalue weighted by Gasteiger charge is 2.29. The predicted octanol–water partition coefficient (Wildman–Crippen LogP) is 2.49. The van der Waals surface area contributed by atoms with Gasteiger partial charge in [-0.05, 0) is 50.9 Å². The van der Waals surface area contributed by atoms with E-state index in [2.05, 4.69) is 29.9 Å². The van der Waals surface area contributed by atoms with E-state index in [0.29, 0.717) is 23.5 Å². The molecule has 0 aromatic carbocycles. The number of nitrogens with one attached hydrogen (secondary N) is 1. The summed E-state index contributed by atoms with van der Waals surface area (Å²) in [6.07, 6.45) is 4.22. The first-order chi connectivity index (χ1) is 17.6. The smallest absolute Gasteiger partial charge is 0.374 e. The molecule has 2 unspecified atom stereocenters. The van der Waals surface area contributed by atoms with Crippen LogP contribution in [0, 0.1) is 6.92 Å². The second kappa shape index (κ2) is 10.9. The lowest BCUT2D eigenvalue weighted by atomic mass is 10.2. The van der Waals surface area contributed by atoms with Crippen LogP contribution in [0.5, 0.6) is 5.88 Å². The molecule has 4 N–H and O–H groups in total. The van der Waals surface area contributed by atoms with Crippen LogP contribution in [0.25, 0.3) is 11.2 Å². The van der Waals surface area contributed by atoms with E-state index in [-0.39, 0.29) is 30.6 Å². The fourth-order valence-electron chi connectivity index (χ4n) is 3.56. The third-order valence-corrected chi connectivity index (χ3v) is 5.10. The SMILES string of the molecule is CC(C)(O)O.Cc1ccc(CNc2ncnc3c2ncn3C2CCC(COc3cc(C(=O)O)on3)O2)o1. The molecule has 0 saturated carbocycles. The number of imidazole rings is 1. The predicted molar refractivity (Wildman–Crippen MR) is 127 cm³/mol. The number of carbonyl (C=O) groups is 1. The summed E-state index contributed by atoms with van der Waals surface area (Å²) in [6, 6.07) is 5.05. The van der Waals surface area contributed by atoms with Gasteiger partial charge in [-0.2, -0.15) is 0 Å². The molecule has 37 heavy (non-hydrogen) atoms. The van der Waals surface area contributed by atoms with E-state index < -0.39 is 11.8 Å². The van der Waals surface area contributed by atoms with Crippen molar-refractivity contribution >= 4 is 23.0 Å². The minimum atomic E-state index is -1.50. The summed E-state index contributed by atoms with van der Waals surface area (Å²) in [4.78, 5) is 24.0. The minimum Gasteiger partial charge on any atom is -0.475 e. The molecule has 4 aromatic heterocycles. The van der Waals surface area contributed by atoms with Gasteiger partial charge in [-0.1, -0.05) is 0 Å². The number of ether oxygens (including phenoxy) is 2. The molecule has 1 fully saturated rings. The summed E-state index contributed by atoms with van der Waals surface area (Å²) in [6.45, 7) is 5.20. The van der Waals surface area contributed by atoms with Gasteiger partial charge in [-0.25, -0.2) is 19.7 Å². The van der Waals surface area contributed by atoms with Gasteiger partial charge in [0.05, 0.1) is 25.0 Å². The van der Waals surface area contributed by atoms with E-state index >= 15 is 0 Å². The second-order valence-electron chi connectivity index (χ2n) is 8.84. The van der Waals surface area contributed by atoms with Crippen LogP contribution in [0.4, 0.5) is 5.82 Å². The van der Waals surface area contributed by atoms with E-state index in [9.17, 15) is 4.79 Å². The Morgan fingerprint density at radius 2 is 2.03 bits per heavy atom. The number of rotatable bonds is 8. The maximum atomic E-state index is 10.9. The number of aliphatic hydroxyl groups is 2. The van der Waals surface area contributed by atoms with E-state index in [1.54, 1.807) is 6.33 Å². The van der Waals surface area contributed by atoms with Crippen molar-refractivity contribution in [3.63, 3.8) is 0 Å². The van der Waals surface area contributed by atoms with Gasteiger partial charge in [0.2, 0.25) is 5.76 Å². The molecule has 14 heteroatoms. The zero-order chi connectivity index (χ0) is 26.6. The molecule has 0 amide bonds. The summed E-state index contributed by atoms with van der Waals surface area (Å²) in [7, 11) is 0. The summed E-state index contributed by atoms with van der Waals surface area (Å²) < 4.78 is 23.7. The number of carboxylic acid groups (broad SMARTS) is 1. The highest BCUT2D eigenvalue weighted by Crippen LogP contribution is 2.31. The van der Waals surface area contributed by atoms with Gasteiger partial charge in [-0.15, -0.1) is 0 Å². The molecule has 1 saturated heterocycles. The van der Waals surface area contributed by atoms with Crippen LogP contribution in [-0.2, 0) is 11.3 Å². The quantitative estimate of drug-likeness (QED) is 0.250. The Morgan fingerprint density at radius 3 is 2.70 bits per heavy atom. The highest BCUT2D eigenvalue weighted by molar-refractivity contribution is 5.84. The normalized spacial score (nSPS) is 17.4. The van der Waals surface area contributed by atoms with Crippen molar-refractivity contribution < 1.29 is 38.5 Å². The summed E-state index contributed by atoms with van der Waals surface area (Å²) in [5, 5.41) is 31.8. The number of carboxylic acids is 1. The van der Waals surface area contributed by atoms with Gasteiger partial charge in [0.15, 0.2) is 22.8 Å². The number of aromatic carboxylic acids is 1. The molecule has 4 aromatic rings. The number of aromatic nitrogens is 5. The Bertz CT molecular complexity index is 1330. The van der Waals surface area contributed by atoms with E-state index in [4.69, 9.17) is 29.2 Å². The van der Waals surface area contributed by atoms with Crippen molar-refractivity contribution in [3.8, 4) is 5.88 Å². The first-order valence-electron chi connectivity index (χ1n) is 11.5. The fourth-order valence-corrected chi connectivity index (χ4v) is 3.56. The topological polar surface area (TPSA) is 191 Å². The number of aryl methyl sites for hydroxylation is 1. The Kier molecular flexibility index (Phi) is 7.71. The van der Waals surface area contributed by atoms with Crippen LogP contribution in [0.15, 0.2) is 39.8 Å². The van der Waals surface area contributed by atoms with Crippen molar-refractivity contribution in [3.05, 3.63) is 48.1 Å². The molecule has 5 rings (SSSR count). The Labute approximate surface area is 210 Å². The van der Waals surface area contributed by atoms with Crippen LogP contribution in [0.1, 0.15) is 55.0 Å². The molecule has 1 aliphatic rings. The van der Waals surface area contributed by atoms with Gasteiger partial charge in [0, 0.05) is 0 Å². The van der Waals surface area contributed by atoms with E-state index in [1.807, 2.05) is 23.6 Å². The highest BCUT2D eigenvalue weighted by atomic mass is 16.6. The lowest BCUT2D eigenvalue weighted by Gasteiger charge is -2.15. The lowest BCUT2D eigenvalue weighted by molar-refractivity contribution is -0.127. The summed E-state index contributed by atoms with van der Waals surface area (Å²) in [5.41, 5.74) is 1.30. The first-order valence-corrected chi connectivity index (χ1v) is 11.5. The van der Waals surface area contributed by atoms with E-state index in [0.717, 1.165) is 24.4 Å². The zero-order valence-corrected chi connectivity index (χ0v) is 20.5. The molecule has 0 radical (unpaired) electrons. The molecule has 0 bridgehead atoms. The maximum absolute atomic E-state index is 10.9. The largest absolute Gasteiger partial charge is 0.475 e.